The zero-order valence-corrected chi connectivity index (χ0v) is 15.6. The van der Waals surface area contributed by atoms with E-state index in [1.54, 1.807) is 0 Å². The van der Waals surface area contributed by atoms with E-state index in [9.17, 15) is 10.2 Å². The summed E-state index contributed by atoms with van der Waals surface area (Å²) in [6.45, 7) is 13.3. The van der Waals surface area contributed by atoms with Gasteiger partial charge in [0.25, 0.3) is 0 Å². The minimum atomic E-state index is -0.667. The highest BCUT2D eigenvalue weighted by Gasteiger charge is 2.22. The third-order valence-electron chi connectivity index (χ3n) is 4.69. The predicted molar refractivity (Wildman–Crippen MR) is 96.4 cm³/mol. The van der Waals surface area contributed by atoms with Gasteiger partial charge in [-0.2, -0.15) is 0 Å². The van der Waals surface area contributed by atoms with Crippen LogP contribution in [-0.2, 0) is 0 Å². The summed E-state index contributed by atoms with van der Waals surface area (Å²) in [5.41, 5.74) is 4.88. The Hall–Kier alpha value is -1.06. The highest BCUT2D eigenvalue weighted by atomic mass is 16.5. The first-order chi connectivity index (χ1) is 10.8. The van der Waals surface area contributed by atoms with Crippen LogP contribution in [0.4, 0.5) is 0 Å². The monoisotopic (exact) mass is 322 g/mol. The van der Waals surface area contributed by atoms with Crippen molar-refractivity contribution in [3.63, 3.8) is 0 Å². The Kier molecular flexibility index (Phi) is 8.07. The van der Waals surface area contributed by atoms with Crippen molar-refractivity contribution in [3.8, 4) is 5.75 Å². The number of benzene rings is 1. The number of hydrogen-bond acceptors (Lipinski definition) is 3. The molecule has 1 rings (SSSR count). The molecule has 0 fully saturated rings. The van der Waals surface area contributed by atoms with Crippen molar-refractivity contribution in [3.05, 3.63) is 28.3 Å². The molecule has 3 atom stereocenters. The van der Waals surface area contributed by atoms with E-state index in [0.29, 0.717) is 12.8 Å². The van der Waals surface area contributed by atoms with Crippen molar-refractivity contribution in [2.24, 2.45) is 0 Å². The van der Waals surface area contributed by atoms with Gasteiger partial charge in [-0.3, -0.25) is 0 Å². The lowest BCUT2D eigenvalue weighted by Gasteiger charge is -2.25. The van der Waals surface area contributed by atoms with E-state index in [4.69, 9.17) is 4.74 Å². The van der Waals surface area contributed by atoms with Crippen LogP contribution in [0.1, 0.15) is 74.6 Å². The molecule has 0 aliphatic carbocycles. The second kappa shape index (κ2) is 9.29. The number of rotatable bonds is 9. The summed E-state index contributed by atoms with van der Waals surface area (Å²) in [7, 11) is 0. The Balaban J connectivity index is 2.96. The first-order valence-electron chi connectivity index (χ1n) is 8.92. The number of hydrogen-bond donors (Lipinski definition) is 2. The second-order valence-corrected chi connectivity index (χ2v) is 6.76. The molecule has 3 heteroatoms. The summed E-state index contributed by atoms with van der Waals surface area (Å²) in [5, 5.41) is 20.2. The Labute approximate surface area is 141 Å². The highest BCUT2D eigenvalue weighted by Crippen LogP contribution is 2.34. The first-order valence-corrected chi connectivity index (χ1v) is 8.92. The van der Waals surface area contributed by atoms with Crippen LogP contribution in [-0.4, -0.2) is 29.0 Å². The summed E-state index contributed by atoms with van der Waals surface area (Å²) in [6.07, 6.45) is 1.81. The molecule has 0 bridgehead atoms. The topological polar surface area (TPSA) is 49.7 Å². The average molecular weight is 322 g/mol. The maximum absolute atomic E-state index is 10.2. The number of ether oxygens (including phenoxy) is 1. The van der Waals surface area contributed by atoms with Crippen LogP contribution in [0.25, 0.3) is 0 Å². The number of aryl methyl sites for hydroxylation is 1. The van der Waals surface area contributed by atoms with Crippen LogP contribution in [0.3, 0.4) is 0 Å². The standard InChI is InChI=1S/C20H34O3/c1-7-9-17(21)18(22)11-13(3)20-14(4)12-19(23-10-8-2)15(5)16(20)6/h12-13,17-18,21-22H,7-11H2,1-6H3. The lowest BCUT2D eigenvalue weighted by molar-refractivity contribution is 0.00632. The lowest BCUT2D eigenvalue weighted by atomic mass is 9.85. The maximum Gasteiger partial charge on any atom is 0.122 e. The van der Waals surface area contributed by atoms with Crippen LogP contribution in [0.15, 0.2) is 6.07 Å². The van der Waals surface area contributed by atoms with Gasteiger partial charge in [0.15, 0.2) is 0 Å². The van der Waals surface area contributed by atoms with Crippen molar-refractivity contribution in [2.45, 2.75) is 85.4 Å². The van der Waals surface area contributed by atoms with Gasteiger partial charge in [-0.05, 0) is 74.3 Å². The molecule has 132 valence electrons. The molecule has 1 aromatic carbocycles. The largest absolute Gasteiger partial charge is 0.493 e. The van der Waals surface area contributed by atoms with Crippen molar-refractivity contribution in [2.75, 3.05) is 6.61 Å². The van der Waals surface area contributed by atoms with Gasteiger partial charge in [0.1, 0.15) is 5.75 Å². The predicted octanol–water partition coefficient (Wildman–Crippen LogP) is 4.42. The Morgan fingerprint density at radius 1 is 1.00 bits per heavy atom. The molecule has 0 heterocycles. The summed E-state index contributed by atoms with van der Waals surface area (Å²) < 4.78 is 5.84. The fraction of sp³-hybridized carbons (Fsp3) is 0.700. The van der Waals surface area contributed by atoms with E-state index >= 15 is 0 Å². The van der Waals surface area contributed by atoms with Crippen LogP contribution in [0, 0.1) is 20.8 Å². The lowest BCUT2D eigenvalue weighted by Crippen LogP contribution is -2.27. The van der Waals surface area contributed by atoms with E-state index < -0.39 is 12.2 Å². The van der Waals surface area contributed by atoms with Crippen molar-refractivity contribution in [1.82, 2.24) is 0 Å². The van der Waals surface area contributed by atoms with Gasteiger partial charge >= 0.3 is 0 Å². The van der Waals surface area contributed by atoms with Crippen molar-refractivity contribution in [1.29, 1.82) is 0 Å². The van der Waals surface area contributed by atoms with Crippen molar-refractivity contribution < 1.29 is 14.9 Å². The van der Waals surface area contributed by atoms with Crippen molar-refractivity contribution >= 4 is 0 Å². The van der Waals surface area contributed by atoms with E-state index in [2.05, 4.69) is 40.7 Å². The van der Waals surface area contributed by atoms with Gasteiger partial charge in [0.05, 0.1) is 18.8 Å². The highest BCUT2D eigenvalue weighted by molar-refractivity contribution is 5.49. The molecule has 0 spiro atoms. The molecule has 0 aliphatic rings. The molecule has 3 nitrogen and oxygen atoms in total. The normalized spacial score (nSPS) is 15.3. The third-order valence-corrected chi connectivity index (χ3v) is 4.69. The summed E-state index contributed by atoms with van der Waals surface area (Å²) in [4.78, 5) is 0. The summed E-state index contributed by atoms with van der Waals surface area (Å²) in [6, 6.07) is 2.11. The van der Waals surface area contributed by atoms with Crippen LogP contribution in [0.2, 0.25) is 0 Å². The van der Waals surface area contributed by atoms with Gasteiger partial charge < -0.3 is 14.9 Å². The molecule has 0 radical (unpaired) electrons. The maximum atomic E-state index is 10.2. The van der Waals surface area contributed by atoms with Crippen LogP contribution >= 0.6 is 0 Å². The quantitative estimate of drug-likeness (QED) is 0.708. The number of aliphatic hydroxyl groups excluding tert-OH is 2. The Morgan fingerprint density at radius 3 is 2.22 bits per heavy atom. The smallest absolute Gasteiger partial charge is 0.122 e. The zero-order chi connectivity index (χ0) is 17.6. The van der Waals surface area contributed by atoms with Gasteiger partial charge in [0, 0.05) is 0 Å². The molecule has 23 heavy (non-hydrogen) atoms. The van der Waals surface area contributed by atoms with E-state index in [1.807, 2.05) is 6.92 Å². The Morgan fingerprint density at radius 2 is 1.65 bits per heavy atom. The molecule has 0 aromatic heterocycles. The molecule has 0 saturated carbocycles. The van der Waals surface area contributed by atoms with E-state index in [0.717, 1.165) is 25.2 Å². The van der Waals surface area contributed by atoms with Crippen LogP contribution < -0.4 is 4.74 Å². The molecule has 0 aliphatic heterocycles. The Bertz CT molecular complexity index is 496. The van der Waals surface area contributed by atoms with E-state index in [1.165, 1.54) is 22.3 Å². The summed E-state index contributed by atoms with van der Waals surface area (Å²) in [5.74, 6) is 1.17. The molecular weight excluding hydrogens is 288 g/mol. The van der Waals surface area contributed by atoms with E-state index in [-0.39, 0.29) is 5.92 Å². The minimum absolute atomic E-state index is 0.204. The average Bonchev–Trinajstić information content (AvgIpc) is 2.49. The third kappa shape index (κ3) is 5.22. The SMILES string of the molecule is CCCOc1cc(C)c(C(C)CC(O)C(O)CCC)c(C)c1C. The van der Waals surface area contributed by atoms with Crippen LogP contribution in [0.5, 0.6) is 5.75 Å². The first kappa shape index (κ1) is 20.0. The van der Waals surface area contributed by atoms with Gasteiger partial charge in [-0.25, -0.2) is 0 Å². The molecule has 1 aromatic rings. The fourth-order valence-corrected chi connectivity index (χ4v) is 3.31. The second-order valence-electron chi connectivity index (χ2n) is 6.76. The zero-order valence-electron chi connectivity index (χ0n) is 15.6. The molecule has 0 amide bonds. The van der Waals surface area contributed by atoms with Gasteiger partial charge in [0.2, 0.25) is 0 Å². The van der Waals surface area contributed by atoms with Gasteiger partial charge in [-0.15, -0.1) is 0 Å². The summed E-state index contributed by atoms with van der Waals surface area (Å²) >= 11 is 0. The fourth-order valence-electron chi connectivity index (χ4n) is 3.31. The molecular formula is C20H34O3. The minimum Gasteiger partial charge on any atom is -0.493 e. The molecule has 2 N–H and O–H groups in total. The number of aliphatic hydroxyl groups is 2. The molecule has 3 unspecified atom stereocenters. The molecule has 0 saturated heterocycles. The van der Waals surface area contributed by atoms with Gasteiger partial charge in [-0.1, -0.05) is 27.2 Å².